The number of aliphatic imine (C=N–C) groups is 2. The maximum Gasteiger partial charge on any atom is 0.336 e. The van der Waals surface area contributed by atoms with Gasteiger partial charge in [-0.3, -0.25) is 4.79 Å². The number of nitrogens with zero attached hydrogens (tertiary/aromatic N) is 2. The van der Waals surface area contributed by atoms with E-state index in [1.807, 2.05) is 12.2 Å². The highest BCUT2D eigenvalue weighted by Gasteiger charge is 2.27. The number of ketones is 1. The van der Waals surface area contributed by atoms with Gasteiger partial charge in [-0.05, 0) is 9.98 Å². The van der Waals surface area contributed by atoms with E-state index in [0.29, 0.717) is 18.0 Å². The molecule has 1 aliphatic heterocycles. The van der Waals surface area contributed by atoms with Crippen molar-refractivity contribution in [2.24, 2.45) is 4.99 Å². The van der Waals surface area contributed by atoms with Gasteiger partial charge in [-0.25, -0.2) is 0 Å². The van der Waals surface area contributed by atoms with Crippen LogP contribution in [0.4, 0.5) is 0 Å². The molecule has 12 heavy (non-hydrogen) atoms. The van der Waals surface area contributed by atoms with Crippen LogP contribution in [0.15, 0.2) is 28.9 Å². The van der Waals surface area contributed by atoms with E-state index in [1.54, 1.807) is 13.1 Å². The van der Waals surface area contributed by atoms with Crippen molar-refractivity contribution in [2.75, 3.05) is 0 Å². The summed E-state index contributed by atoms with van der Waals surface area (Å²) in [7, 11) is 0. The molecule has 0 N–H and O–H groups in total. The Bertz CT molecular complexity index is 359. The molecule has 1 radical (unpaired) electrons. The molecule has 0 saturated carbocycles. The molecule has 2 aliphatic rings. The number of fused-ring (bicyclic) bond motifs is 1. The lowest BCUT2D eigenvalue weighted by atomic mass is 9.98. The summed E-state index contributed by atoms with van der Waals surface area (Å²) in [5.74, 6) is 0.732. The normalized spacial score (nSPS) is 21.1. The molecular weight excluding hydrogens is 152 g/mol. The number of carbonyl (C=O) groups is 1. The van der Waals surface area contributed by atoms with Crippen molar-refractivity contribution in [2.45, 2.75) is 13.3 Å². The maximum absolute atomic E-state index is 11.3. The lowest BCUT2D eigenvalue weighted by Gasteiger charge is -2.04. The second-order valence-corrected chi connectivity index (χ2v) is 2.75. The van der Waals surface area contributed by atoms with Crippen LogP contribution in [-0.2, 0) is 4.79 Å². The fraction of sp³-hybridized carbons (Fsp3) is 0.222. The van der Waals surface area contributed by atoms with Crippen molar-refractivity contribution in [3.8, 4) is 0 Å². The third-order valence-corrected chi connectivity index (χ3v) is 1.80. The Hall–Kier alpha value is -1.51. The van der Waals surface area contributed by atoms with Gasteiger partial charge in [0.15, 0.2) is 6.20 Å². The first-order valence-corrected chi connectivity index (χ1v) is 3.81. The average molecular weight is 160 g/mol. The van der Waals surface area contributed by atoms with E-state index < -0.39 is 0 Å². The smallest absolute Gasteiger partial charge is 0.290 e. The van der Waals surface area contributed by atoms with Crippen molar-refractivity contribution in [3.05, 3.63) is 23.9 Å². The first kappa shape index (κ1) is 7.16. The molecule has 0 aromatic rings. The van der Waals surface area contributed by atoms with Gasteiger partial charge in [0.05, 0.1) is 5.57 Å². The van der Waals surface area contributed by atoms with Gasteiger partial charge >= 0.3 is 5.84 Å². The third kappa shape index (κ3) is 1.03. The zero-order chi connectivity index (χ0) is 8.55. The highest BCUT2D eigenvalue weighted by Crippen LogP contribution is 2.11. The standard InChI is InChI=1S/C9H8N2O/c1-6-10-5-7-3-2-4-8(12)9(7)11-6/h2-3,5H,4H2,1H3/q+1. The van der Waals surface area contributed by atoms with Crippen LogP contribution in [0.3, 0.4) is 0 Å². The summed E-state index contributed by atoms with van der Waals surface area (Å²) in [6.07, 6.45) is 5.87. The van der Waals surface area contributed by atoms with Gasteiger partial charge in [-0.15, -0.1) is 0 Å². The number of allylic oxidation sites excluding steroid dienone is 3. The Balaban J connectivity index is 2.53. The lowest BCUT2D eigenvalue weighted by Crippen LogP contribution is -2.27. The summed E-state index contributed by atoms with van der Waals surface area (Å²) in [5.41, 5.74) is 1.39. The number of Topliss-reactive ketones (excluding diaryl/α,β-unsaturated/α-hetero) is 1. The summed E-state index contributed by atoms with van der Waals surface area (Å²) < 4.78 is 0. The van der Waals surface area contributed by atoms with E-state index in [1.165, 1.54) is 0 Å². The quantitative estimate of drug-likeness (QED) is 0.512. The Kier molecular flexibility index (Phi) is 1.50. The summed E-state index contributed by atoms with van der Waals surface area (Å²) in [6.45, 7) is 1.78. The monoisotopic (exact) mass is 160 g/mol. The summed E-state index contributed by atoms with van der Waals surface area (Å²) in [6, 6.07) is 0. The van der Waals surface area contributed by atoms with Crippen molar-refractivity contribution in [3.63, 3.8) is 0 Å². The van der Waals surface area contributed by atoms with Crippen molar-refractivity contribution in [1.29, 1.82) is 0 Å². The zero-order valence-corrected chi connectivity index (χ0v) is 6.74. The van der Waals surface area contributed by atoms with Crippen LogP contribution >= 0.6 is 0 Å². The van der Waals surface area contributed by atoms with Crippen LogP contribution in [0.1, 0.15) is 13.3 Å². The van der Waals surface area contributed by atoms with Crippen LogP contribution in [-0.4, -0.2) is 17.3 Å². The SMILES string of the molecule is CC1=NC=C2C=CCC(=O)C2=[N+]1. The minimum atomic E-state index is 0.0815. The minimum Gasteiger partial charge on any atom is -0.290 e. The maximum atomic E-state index is 11.3. The Morgan fingerprint density at radius 2 is 2.42 bits per heavy atom. The zero-order valence-electron chi connectivity index (χ0n) is 6.74. The van der Waals surface area contributed by atoms with Gasteiger partial charge in [0.1, 0.15) is 0 Å². The van der Waals surface area contributed by atoms with Crippen LogP contribution in [0, 0.1) is 0 Å². The van der Waals surface area contributed by atoms with Gasteiger partial charge in [-0.2, -0.15) is 0 Å². The van der Waals surface area contributed by atoms with Crippen molar-refractivity contribution < 1.29 is 4.79 Å². The van der Waals surface area contributed by atoms with Gasteiger partial charge in [0.2, 0.25) is 11.5 Å². The molecule has 0 spiro atoms. The molecule has 0 aromatic carbocycles. The molecule has 0 amide bonds. The predicted octanol–water partition coefficient (Wildman–Crippen LogP) is 0.608. The van der Waals surface area contributed by atoms with Crippen LogP contribution in [0.2, 0.25) is 0 Å². The van der Waals surface area contributed by atoms with E-state index in [0.717, 1.165) is 5.57 Å². The summed E-state index contributed by atoms with van der Waals surface area (Å²) in [4.78, 5) is 19.4. The Morgan fingerprint density at radius 3 is 3.25 bits per heavy atom. The summed E-state index contributed by atoms with van der Waals surface area (Å²) >= 11 is 0. The number of rotatable bonds is 0. The number of hydrogen-bond donors (Lipinski definition) is 0. The molecule has 0 fully saturated rings. The highest BCUT2D eigenvalue weighted by atomic mass is 16.1. The van der Waals surface area contributed by atoms with Gasteiger partial charge in [0, 0.05) is 13.3 Å². The number of hydrogen-bond acceptors (Lipinski definition) is 3. The molecule has 3 heteroatoms. The summed E-state index contributed by atoms with van der Waals surface area (Å²) in [5, 5.41) is 0. The van der Waals surface area contributed by atoms with E-state index in [4.69, 9.17) is 0 Å². The molecule has 2 rings (SSSR count). The second kappa shape index (κ2) is 2.52. The second-order valence-electron chi connectivity index (χ2n) is 2.75. The number of carbonyl (C=O) groups excluding carboxylic acids is 1. The van der Waals surface area contributed by atoms with Crippen LogP contribution in [0.5, 0.6) is 0 Å². The predicted molar refractivity (Wildman–Crippen MR) is 47.1 cm³/mol. The van der Waals surface area contributed by atoms with Crippen molar-refractivity contribution in [1.82, 2.24) is 4.99 Å². The Labute approximate surface area is 70.2 Å². The third-order valence-electron chi connectivity index (χ3n) is 1.80. The molecule has 0 atom stereocenters. The lowest BCUT2D eigenvalue weighted by molar-refractivity contribution is -0.112. The molecule has 1 heterocycles. The molecule has 0 saturated heterocycles. The molecule has 0 bridgehead atoms. The first-order valence-electron chi connectivity index (χ1n) is 3.81. The largest absolute Gasteiger partial charge is 0.336 e. The molecule has 59 valence electrons. The van der Waals surface area contributed by atoms with E-state index >= 15 is 0 Å². The van der Waals surface area contributed by atoms with E-state index in [-0.39, 0.29) is 5.78 Å². The van der Waals surface area contributed by atoms with E-state index in [2.05, 4.69) is 9.98 Å². The molecule has 0 unspecified atom stereocenters. The molecule has 3 nitrogen and oxygen atoms in total. The van der Waals surface area contributed by atoms with Gasteiger partial charge < -0.3 is 0 Å². The number of amidine groups is 1. The van der Waals surface area contributed by atoms with Gasteiger partial charge in [0.25, 0.3) is 0 Å². The van der Waals surface area contributed by atoms with Gasteiger partial charge in [-0.1, -0.05) is 12.2 Å². The highest BCUT2D eigenvalue weighted by molar-refractivity contribution is 6.48. The fourth-order valence-electron chi connectivity index (χ4n) is 1.21. The molecule has 1 aliphatic carbocycles. The van der Waals surface area contributed by atoms with Crippen LogP contribution in [0.25, 0.3) is 0 Å². The van der Waals surface area contributed by atoms with Crippen LogP contribution < -0.4 is 4.99 Å². The Morgan fingerprint density at radius 1 is 1.58 bits per heavy atom. The molecule has 0 aromatic heterocycles. The topological polar surface area (TPSA) is 43.5 Å². The first-order chi connectivity index (χ1) is 5.77. The van der Waals surface area contributed by atoms with E-state index in [9.17, 15) is 4.79 Å². The fourth-order valence-corrected chi connectivity index (χ4v) is 1.21. The minimum absolute atomic E-state index is 0.0815. The van der Waals surface area contributed by atoms with Crippen molar-refractivity contribution >= 4 is 17.3 Å². The average Bonchev–Trinajstić information content (AvgIpc) is 2.07. The molecular formula is C9H8N2O+.